The number of para-hydroxylation sites is 1. The highest BCUT2D eigenvalue weighted by atomic mass is 16.5. The molecule has 17 heavy (non-hydrogen) atoms. The van der Waals surface area contributed by atoms with Gasteiger partial charge in [0.25, 0.3) is 0 Å². The Labute approximate surface area is 104 Å². The number of rotatable bonds is 8. The van der Waals surface area contributed by atoms with E-state index in [0.29, 0.717) is 0 Å². The van der Waals surface area contributed by atoms with Crippen molar-refractivity contribution in [3.05, 3.63) is 29.8 Å². The zero-order valence-electron chi connectivity index (χ0n) is 10.8. The molecule has 3 heteroatoms. The molecule has 0 saturated heterocycles. The molecular formula is C14H23NO2. The van der Waals surface area contributed by atoms with E-state index < -0.39 is 0 Å². The van der Waals surface area contributed by atoms with E-state index in [0.717, 1.165) is 43.8 Å². The predicted octanol–water partition coefficient (Wildman–Crippen LogP) is 2.90. The van der Waals surface area contributed by atoms with Crippen molar-refractivity contribution in [3.63, 3.8) is 0 Å². The average Bonchev–Trinajstić information content (AvgIpc) is 2.38. The molecule has 0 amide bonds. The van der Waals surface area contributed by atoms with Gasteiger partial charge in [-0.15, -0.1) is 0 Å². The lowest BCUT2D eigenvalue weighted by Gasteiger charge is -2.15. The highest BCUT2D eigenvalue weighted by Crippen LogP contribution is 2.25. The van der Waals surface area contributed by atoms with Crippen LogP contribution in [-0.2, 0) is 4.74 Å². The quantitative estimate of drug-likeness (QED) is 0.707. The number of nitrogens with two attached hydrogens (primary N) is 1. The van der Waals surface area contributed by atoms with Crippen LogP contribution in [0.5, 0.6) is 5.75 Å². The molecule has 0 saturated carbocycles. The van der Waals surface area contributed by atoms with Crippen molar-refractivity contribution in [2.24, 2.45) is 5.73 Å². The molecule has 0 spiro atoms. The van der Waals surface area contributed by atoms with E-state index in [2.05, 4.69) is 6.92 Å². The maximum atomic E-state index is 6.05. The second-order valence-corrected chi connectivity index (χ2v) is 4.10. The molecule has 1 aromatic carbocycles. The first kappa shape index (κ1) is 14.0. The van der Waals surface area contributed by atoms with E-state index in [1.165, 1.54) is 0 Å². The molecule has 0 aliphatic rings. The van der Waals surface area contributed by atoms with Gasteiger partial charge >= 0.3 is 0 Å². The van der Waals surface area contributed by atoms with Gasteiger partial charge in [-0.05, 0) is 25.3 Å². The molecule has 0 heterocycles. The molecule has 2 N–H and O–H groups in total. The van der Waals surface area contributed by atoms with E-state index in [1.807, 2.05) is 24.3 Å². The lowest BCUT2D eigenvalue weighted by molar-refractivity contribution is 0.184. The Morgan fingerprint density at radius 2 is 1.88 bits per heavy atom. The Balaban J connectivity index is 2.46. The van der Waals surface area contributed by atoms with Gasteiger partial charge in [-0.3, -0.25) is 0 Å². The molecule has 0 aliphatic carbocycles. The maximum Gasteiger partial charge on any atom is 0.124 e. The summed E-state index contributed by atoms with van der Waals surface area (Å²) in [5.74, 6) is 0.916. The Hall–Kier alpha value is -1.06. The van der Waals surface area contributed by atoms with E-state index in [-0.39, 0.29) is 6.04 Å². The summed E-state index contributed by atoms with van der Waals surface area (Å²) in [6.45, 7) is 3.59. The highest BCUT2D eigenvalue weighted by molar-refractivity contribution is 5.35. The third-order valence-corrected chi connectivity index (χ3v) is 2.76. The van der Waals surface area contributed by atoms with Crippen LogP contribution in [0, 0.1) is 0 Å². The third kappa shape index (κ3) is 4.75. The zero-order valence-corrected chi connectivity index (χ0v) is 10.8. The molecule has 1 atom stereocenters. The number of methoxy groups -OCH3 is 1. The summed E-state index contributed by atoms with van der Waals surface area (Å²) < 4.78 is 10.8. The molecule has 0 radical (unpaired) electrons. The minimum absolute atomic E-state index is 0.0603. The van der Waals surface area contributed by atoms with E-state index >= 15 is 0 Å². The molecule has 1 aromatic rings. The van der Waals surface area contributed by atoms with Crippen LogP contribution in [0.2, 0.25) is 0 Å². The SMILES string of the molecule is CC[C@H](N)c1ccccc1OCCCCOC. The highest BCUT2D eigenvalue weighted by Gasteiger charge is 2.09. The first-order valence-electron chi connectivity index (χ1n) is 6.25. The standard InChI is InChI=1S/C14H23NO2/c1-3-13(15)12-8-4-5-9-14(12)17-11-7-6-10-16-2/h4-5,8-9,13H,3,6-7,10-11,15H2,1-2H3/t13-/m0/s1. The van der Waals surface area contributed by atoms with Crippen LogP contribution in [0.4, 0.5) is 0 Å². The van der Waals surface area contributed by atoms with E-state index in [4.69, 9.17) is 15.2 Å². The summed E-state index contributed by atoms with van der Waals surface area (Å²) in [4.78, 5) is 0. The van der Waals surface area contributed by atoms with Crippen LogP contribution in [0.1, 0.15) is 37.8 Å². The number of unbranched alkanes of at least 4 members (excludes halogenated alkanes) is 1. The third-order valence-electron chi connectivity index (χ3n) is 2.76. The van der Waals surface area contributed by atoms with Crippen molar-refractivity contribution in [3.8, 4) is 5.75 Å². The van der Waals surface area contributed by atoms with Gasteiger partial charge in [0.2, 0.25) is 0 Å². The monoisotopic (exact) mass is 237 g/mol. The van der Waals surface area contributed by atoms with Crippen molar-refractivity contribution in [2.45, 2.75) is 32.2 Å². The fourth-order valence-electron chi connectivity index (χ4n) is 1.67. The summed E-state index contributed by atoms with van der Waals surface area (Å²) in [5, 5.41) is 0. The molecule has 0 fully saturated rings. The Morgan fingerprint density at radius 1 is 1.18 bits per heavy atom. The average molecular weight is 237 g/mol. The Morgan fingerprint density at radius 3 is 2.59 bits per heavy atom. The first-order chi connectivity index (χ1) is 8.29. The smallest absolute Gasteiger partial charge is 0.124 e. The number of hydrogen-bond donors (Lipinski definition) is 1. The van der Waals surface area contributed by atoms with Gasteiger partial charge < -0.3 is 15.2 Å². The molecule has 0 aliphatic heterocycles. The van der Waals surface area contributed by atoms with Gasteiger partial charge in [0.15, 0.2) is 0 Å². The van der Waals surface area contributed by atoms with E-state index in [9.17, 15) is 0 Å². The van der Waals surface area contributed by atoms with Crippen LogP contribution in [0.15, 0.2) is 24.3 Å². The molecule has 0 bridgehead atoms. The maximum absolute atomic E-state index is 6.05. The number of benzene rings is 1. The molecule has 3 nitrogen and oxygen atoms in total. The summed E-state index contributed by atoms with van der Waals surface area (Å²) >= 11 is 0. The molecule has 0 aromatic heterocycles. The molecule has 0 unspecified atom stereocenters. The van der Waals surface area contributed by atoms with Crippen molar-refractivity contribution < 1.29 is 9.47 Å². The molecular weight excluding hydrogens is 214 g/mol. The fourth-order valence-corrected chi connectivity index (χ4v) is 1.67. The van der Waals surface area contributed by atoms with Gasteiger partial charge in [0.05, 0.1) is 6.61 Å². The topological polar surface area (TPSA) is 44.5 Å². The van der Waals surface area contributed by atoms with Crippen LogP contribution in [-0.4, -0.2) is 20.3 Å². The zero-order chi connectivity index (χ0) is 12.5. The van der Waals surface area contributed by atoms with Crippen LogP contribution in [0.3, 0.4) is 0 Å². The fraction of sp³-hybridized carbons (Fsp3) is 0.571. The normalized spacial score (nSPS) is 12.4. The lowest BCUT2D eigenvalue weighted by Crippen LogP contribution is -2.11. The lowest BCUT2D eigenvalue weighted by atomic mass is 10.0. The van der Waals surface area contributed by atoms with Crippen LogP contribution < -0.4 is 10.5 Å². The summed E-state index contributed by atoms with van der Waals surface area (Å²) in [5.41, 5.74) is 7.15. The largest absolute Gasteiger partial charge is 0.493 e. The second kappa shape index (κ2) is 8.09. The Kier molecular flexibility index (Phi) is 6.67. The van der Waals surface area contributed by atoms with Gasteiger partial charge in [-0.25, -0.2) is 0 Å². The molecule has 1 rings (SSSR count). The Bertz CT molecular complexity index is 315. The summed E-state index contributed by atoms with van der Waals surface area (Å²) in [6, 6.07) is 8.07. The first-order valence-corrected chi connectivity index (χ1v) is 6.25. The van der Waals surface area contributed by atoms with Crippen molar-refractivity contribution in [1.29, 1.82) is 0 Å². The van der Waals surface area contributed by atoms with Crippen molar-refractivity contribution in [1.82, 2.24) is 0 Å². The van der Waals surface area contributed by atoms with Crippen LogP contribution in [0.25, 0.3) is 0 Å². The van der Waals surface area contributed by atoms with Crippen molar-refractivity contribution >= 4 is 0 Å². The van der Waals surface area contributed by atoms with Gasteiger partial charge in [0.1, 0.15) is 5.75 Å². The summed E-state index contributed by atoms with van der Waals surface area (Å²) in [7, 11) is 1.72. The number of hydrogen-bond acceptors (Lipinski definition) is 3. The minimum Gasteiger partial charge on any atom is -0.493 e. The second-order valence-electron chi connectivity index (χ2n) is 4.10. The number of ether oxygens (including phenoxy) is 2. The van der Waals surface area contributed by atoms with Crippen LogP contribution >= 0.6 is 0 Å². The predicted molar refractivity (Wildman–Crippen MR) is 70.3 cm³/mol. The van der Waals surface area contributed by atoms with Crippen molar-refractivity contribution in [2.75, 3.05) is 20.3 Å². The summed E-state index contributed by atoms with van der Waals surface area (Å²) in [6.07, 6.45) is 2.95. The van der Waals surface area contributed by atoms with Gasteiger partial charge in [-0.2, -0.15) is 0 Å². The van der Waals surface area contributed by atoms with E-state index in [1.54, 1.807) is 7.11 Å². The van der Waals surface area contributed by atoms with Gasteiger partial charge in [-0.1, -0.05) is 25.1 Å². The minimum atomic E-state index is 0.0603. The molecule has 96 valence electrons. The van der Waals surface area contributed by atoms with Gasteiger partial charge in [0, 0.05) is 25.3 Å².